The molecule has 2 amide bonds. The third-order valence-corrected chi connectivity index (χ3v) is 6.07. The fourth-order valence-electron chi connectivity index (χ4n) is 3.73. The zero-order valence-corrected chi connectivity index (χ0v) is 19.0. The van der Waals surface area contributed by atoms with Crippen molar-refractivity contribution in [2.45, 2.75) is 12.6 Å². The molecule has 1 aliphatic rings. The van der Waals surface area contributed by atoms with E-state index < -0.39 is 11.9 Å². The van der Waals surface area contributed by atoms with Gasteiger partial charge in [-0.25, -0.2) is 9.97 Å². The van der Waals surface area contributed by atoms with Crippen molar-refractivity contribution in [2.24, 2.45) is 0 Å². The largest absolute Gasteiger partial charge is 0.506 e. The second-order valence-electron chi connectivity index (χ2n) is 7.66. The molecule has 1 aliphatic heterocycles. The van der Waals surface area contributed by atoms with E-state index in [1.165, 1.54) is 28.5 Å². The number of carbonyl (C=O) groups is 2. The number of hydrogen-bond acceptors (Lipinski definition) is 8. The Morgan fingerprint density at radius 2 is 1.94 bits per heavy atom. The summed E-state index contributed by atoms with van der Waals surface area (Å²) in [4.78, 5) is 40.4. The molecule has 0 aliphatic carbocycles. The Morgan fingerprint density at radius 1 is 1.11 bits per heavy atom. The van der Waals surface area contributed by atoms with Crippen LogP contribution in [0.3, 0.4) is 0 Å². The number of thiazole rings is 1. The summed E-state index contributed by atoms with van der Waals surface area (Å²) in [5.74, 6) is 5.37. The Balaban J connectivity index is 1.46. The van der Waals surface area contributed by atoms with E-state index in [1.54, 1.807) is 42.0 Å². The van der Waals surface area contributed by atoms with Crippen LogP contribution in [0, 0.1) is 11.8 Å². The van der Waals surface area contributed by atoms with Gasteiger partial charge >= 0.3 is 0 Å². The molecule has 35 heavy (non-hydrogen) atoms. The highest BCUT2D eigenvalue weighted by atomic mass is 32.1. The van der Waals surface area contributed by atoms with Gasteiger partial charge in [0.1, 0.15) is 17.3 Å². The van der Waals surface area contributed by atoms with Gasteiger partial charge in [-0.2, -0.15) is 0 Å². The van der Waals surface area contributed by atoms with Crippen LogP contribution in [-0.4, -0.2) is 36.8 Å². The lowest BCUT2D eigenvalue weighted by atomic mass is 10.1. The first-order chi connectivity index (χ1) is 17.0. The molecular formula is C25H18N6O3S. The highest BCUT2D eigenvalue weighted by molar-refractivity contribution is 7.13. The maximum absolute atomic E-state index is 13.4. The minimum absolute atomic E-state index is 0.0820. The van der Waals surface area contributed by atoms with E-state index in [0.29, 0.717) is 27.6 Å². The first-order valence-electron chi connectivity index (χ1n) is 10.5. The number of pyridine rings is 2. The van der Waals surface area contributed by atoms with E-state index in [4.69, 9.17) is 5.73 Å². The van der Waals surface area contributed by atoms with Crippen LogP contribution >= 0.6 is 11.3 Å². The number of amides is 2. The molecule has 1 atom stereocenters. The van der Waals surface area contributed by atoms with Gasteiger partial charge in [-0.3, -0.25) is 19.9 Å². The molecule has 4 heterocycles. The molecule has 172 valence electrons. The Labute approximate surface area is 204 Å². The Hall–Kier alpha value is -4.75. The SMILES string of the molecule is Nc1ccc(C#Cc2ccc3c(c2)C(=O)N(C(C(=O)Nc2nccs2)c2ncccc2O)C3)cn1. The van der Waals surface area contributed by atoms with Crippen LogP contribution in [0.5, 0.6) is 5.75 Å². The molecule has 4 aromatic rings. The second-order valence-corrected chi connectivity index (χ2v) is 8.56. The van der Waals surface area contributed by atoms with Crippen molar-refractivity contribution in [3.8, 4) is 17.6 Å². The van der Waals surface area contributed by atoms with Crippen LogP contribution in [0.2, 0.25) is 0 Å². The summed E-state index contributed by atoms with van der Waals surface area (Å²) >= 11 is 1.25. The molecule has 0 saturated carbocycles. The van der Waals surface area contributed by atoms with E-state index in [9.17, 15) is 14.7 Å². The minimum atomic E-state index is -1.16. The minimum Gasteiger partial charge on any atom is -0.506 e. The molecule has 5 rings (SSSR count). The number of nitrogens with zero attached hydrogens (tertiary/aromatic N) is 4. The lowest BCUT2D eigenvalue weighted by Crippen LogP contribution is -2.38. The number of fused-ring (bicyclic) bond motifs is 1. The Kier molecular flexibility index (Phi) is 5.83. The van der Waals surface area contributed by atoms with Gasteiger partial charge in [-0.15, -0.1) is 11.3 Å². The van der Waals surface area contributed by atoms with Crippen LogP contribution in [0.4, 0.5) is 10.9 Å². The standard InChI is InChI=1S/C25H18N6O3S/c26-20-8-6-16(13-29-20)4-3-15-5-7-17-14-31(24(34)18(17)12-15)22(21-19(32)2-1-9-27-21)23(33)30-25-28-10-11-35-25/h1-2,5-13,22,32H,14H2,(H2,26,29)(H,28,30,33). The average Bonchev–Trinajstić information content (AvgIpc) is 3.48. The molecule has 0 fully saturated rings. The molecule has 1 unspecified atom stereocenters. The maximum atomic E-state index is 13.4. The van der Waals surface area contributed by atoms with Crippen molar-refractivity contribution < 1.29 is 14.7 Å². The third-order valence-electron chi connectivity index (χ3n) is 5.38. The summed E-state index contributed by atoms with van der Waals surface area (Å²) in [5, 5.41) is 15.3. The molecule has 3 aromatic heterocycles. The predicted octanol–water partition coefficient (Wildman–Crippen LogP) is 2.96. The fourth-order valence-corrected chi connectivity index (χ4v) is 4.26. The lowest BCUT2D eigenvalue weighted by Gasteiger charge is -2.26. The number of carbonyl (C=O) groups excluding carboxylic acids is 2. The second kappa shape index (κ2) is 9.24. The van der Waals surface area contributed by atoms with Gasteiger partial charge in [0, 0.05) is 47.2 Å². The quantitative estimate of drug-likeness (QED) is 0.381. The molecule has 10 heteroatoms. The normalized spacial score (nSPS) is 13.0. The average molecular weight is 483 g/mol. The molecule has 1 aromatic carbocycles. The van der Waals surface area contributed by atoms with E-state index in [-0.39, 0.29) is 23.9 Å². The zero-order valence-electron chi connectivity index (χ0n) is 18.2. The summed E-state index contributed by atoms with van der Waals surface area (Å²) < 4.78 is 0. The fraction of sp³-hybridized carbons (Fsp3) is 0.0800. The first-order valence-corrected chi connectivity index (χ1v) is 11.4. The van der Waals surface area contributed by atoms with Crippen molar-refractivity contribution in [1.29, 1.82) is 0 Å². The molecule has 0 radical (unpaired) electrons. The Bertz CT molecular complexity index is 1480. The summed E-state index contributed by atoms with van der Waals surface area (Å²) in [5.41, 5.74) is 8.21. The summed E-state index contributed by atoms with van der Waals surface area (Å²) in [7, 11) is 0. The summed E-state index contributed by atoms with van der Waals surface area (Å²) in [6, 6.07) is 10.6. The van der Waals surface area contributed by atoms with Gasteiger partial charge < -0.3 is 15.7 Å². The zero-order chi connectivity index (χ0) is 24.4. The van der Waals surface area contributed by atoms with Crippen molar-refractivity contribution in [3.05, 3.63) is 94.4 Å². The van der Waals surface area contributed by atoms with Crippen LogP contribution in [0.1, 0.15) is 38.8 Å². The van der Waals surface area contributed by atoms with Gasteiger partial charge in [-0.1, -0.05) is 17.9 Å². The smallest absolute Gasteiger partial charge is 0.255 e. The van der Waals surface area contributed by atoms with E-state index >= 15 is 0 Å². The highest BCUT2D eigenvalue weighted by Crippen LogP contribution is 2.35. The molecule has 9 nitrogen and oxygen atoms in total. The number of benzene rings is 1. The van der Waals surface area contributed by atoms with Crippen molar-refractivity contribution in [1.82, 2.24) is 19.9 Å². The van der Waals surface area contributed by atoms with Crippen molar-refractivity contribution in [2.75, 3.05) is 11.1 Å². The van der Waals surface area contributed by atoms with Crippen LogP contribution in [0.25, 0.3) is 0 Å². The molecule has 0 spiro atoms. The van der Waals surface area contributed by atoms with E-state index in [1.807, 2.05) is 12.1 Å². The number of aromatic nitrogens is 3. The van der Waals surface area contributed by atoms with Gasteiger partial charge in [-0.05, 0) is 42.0 Å². The number of nitrogens with two attached hydrogens (primary N) is 1. The van der Waals surface area contributed by atoms with Crippen LogP contribution < -0.4 is 11.1 Å². The summed E-state index contributed by atoms with van der Waals surface area (Å²) in [6.07, 6.45) is 4.60. The summed E-state index contributed by atoms with van der Waals surface area (Å²) in [6.45, 7) is 0.176. The number of nitrogens with one attached hydrogen (secondary N) is 1. The van der Waals surface area contributed by atoms with Gasteiger partial charge in [0.25, 0.3) is 11.8 Å². The Morgan fingerprint density at radius 3 is 2.69 bits per heavy atom. The topological polar surface area (TPSA) is 134 Å². The van der Waals surface area contributed by atoms with Gasteiger partial charge in [0.15, 0.2) is 11.2 Å². The first kappa shape index (κ1) is 22.1. The van der Waals surface area contributed by atoms with Crippen LogP contribution in [0.15, 0.2) is 66.4 Å². The highest BCUT2D eigenvalue weighted by Gasteiger charge is 2.39. The number of nitrogen functional groups attached to an aromatic ring is 1. The monoisotopic (exact) mass is 482 g/mol. The van der Waals surface area contributed by atoms with Crippen molar-refractivity contribution in [3.63, 3.8) is 0 Å². The maximum Gasteiger partial charge on any atom is 0.255 e. The number of anilines is 2. The molecule has 4 N–H and O–H groups in total. The predicted molar refractivity (Wildman–Crippen MR) is 130 cm³/mol. The molecule has 0 saturated heterocycles. The molecular weight excluding hydrogens is 464 g/mol. The van der Waals surface area contributed by atoms with Crippen LogP contribution in [-0.2, 0) is 11.3 Å². The number of aromatic hydroxyl groups is 1. The number of hydrogen-bond donors (Lipinski definition) is 3. The van der Waals surface area contributed by atoms with E-state index in [0.717, 1.165) is 5.56 Å². The van der Waals surface area contributed by atoms with Gasteiger partial charge in [0.05, 0.1) is 0 Å². The van der Waals surface area contributed by atoms with E-state index in [2.05, 4.69) is 32.1 Å². The third kappa shape index (κ3) is 4.53. The van der Waals surface area contributed by atoms with Gasteiger partial charge in [0.2, 0.25) is 0 Å². The van der Waals surface area contributed by atoms with Crippen molar-refractivity contribution >= 4 is 34.1 Å². The number of rotatable bonds is 4. The molecule has 0 bridgehead atoms. The lowest BCUT2D eigenvalue weighted by molar-refractivity contribution is -0.121.